The molecular formula is C36H44F3N7O8S. The number of nitrogens with zero attached hydrogens (tertiary/aromatic N) is 3. The number of benzene rings is 2. The first-order valence-electron chi connectivity index (χ1n) is 17.0. The lowest BCUT2D eigenvalue weighted by molar-refractivity contribution is -0.159. The van der Waals surface area contributed by atoms with Crippen LogP contribution >= 0.6 is 11.8 Å². The van der Waals surface area contributed by atoms with Crippen LogP contribution in [0.4, 0.5) is 28.4 Å². The molecule has 0 spiro atoms. The van der Waals surface area contributed by atoms with Gasteiger partial charge in [0.05, 0.1) is 12.2 Å². The second kappa shape index (κ2) is 16.2. The van der Waals surface area contributed by atoms with Crippen molar-refractivity contribution in [2.45, 2.75) is 103 Å². The van der Waals surface area contributed by atoms with Gasteiger partial charge in [-0.2, -0.15) is 18.2 Å². The zero-order valence-corrected chi connectivity index (χ0v) is 32.6. The number of hydrogen-bond acceptors (Lipinski definition) is 11. The highest BCUT2D eigenvalue weighted by molar-refractivity contribution is 7.99. The number of hydrazine groups is 1. The fourth-order valence-corrected chi connectivity index (χ4v) is 6.07. The first-order valence-corrected chi connectivity index (χ1v) is 18.0. The lowest BCUT2D eigenvalue weighted by Gasteiger charge is -2.31. The summed E-state index contributed by atoms with van der Waals surface area (Å²) in [5.74, 6) is -3.67. The molecular weight excluding hydrogens is 747 g/mol. The van der Waals surface area contributed by atoms with Gasteiger partial charge in [0.2, 0.25) is 5.82 Å². The summed E-state index contributed by atoms with van der Waals surface area (Å²) in [7, 11) is 0. The Morgan fingerprint density at radius 2 is 1.53 bits per heavy atom. The van der Waals surface area contributed by atoms with Gasteiger partial charge in [-0.3, -0.25) is 25.2 Å². The maximum atomic E-state index is 14.1. The van der Waals surface area contributed by atoms with Crippen LogP contribution in [-0.2, 0) is 31.8 Å². The van der Waals surface area contributed by atoms with Gasteiger partial charge in [-0.25, -0.2) is 9.59 Å². The number of carbonyl (C=O) groups is 5. The molecule has 1 aromatic heterocycles. The third kappa shape index (κ3) is 11.8. The molecule has 19 heteroatoms. The number of nitrogens with one attached hydrogen (secondary N) is 4. The molecule has 0 radical (unpaired) electrons. The first-order chi connectivity index (χ1) is 25.3. The molecule has 2 heterocycles. The van der Waals surface area contributed by atoms with Gasteiger partial charge < -0.3 is 29.5 Å². The largest absolute Gasteiger partial charge is 0.471 e. The summed E-state index contributed by atoms with van der Waals surface area (Å²) < 4.78 is 54.0. The van der Waals surface area contributed by atoms with Crippen LogP contribution in [0.1, 0.15) is 84.1 Å². The van der Waals surface area contributed by atoms with Gasteiger partial charge in [0, 0.05) is 21.8 Å². The number of thioether (sulfide) groups is 1. The summed E-state index contributed by atoms with van der Waals surface area (Å²) in [6.07, 6.45) is -6.45. The minimum Gasteiger partial charge on any atom is -0.444 e. The number of amides is 5. The maximum absolute atomic E-state index is 14.1. The molecule has 4 rings (SSSR count). The van der Waals surface area contributed by atoms with Crippen LogP contribution in [0.5, 0.6) is 0 Å². The van der Waals surface area contributed by atoms with E-state index in [1.807, 2.05) is 0 Å². The van der Waals surface area contributed by atoms with Gasteiger partial charge in [-0.05, 0) is 70.7 Å². The first kappa shape index (κ1) is 42.4. The molecule has 1 aliphatic heterocycles. The van der Waals surface area contributed by atoms with Gasteiger partial charge in [-0.15, -0.1) is 11.8 Å². The zero-order chi connectivity index (χ0) is 41.1. The predicted octanol–water partition coefficient (Wildman–Crippen LogP) is 5.99. The van der Waals surface area contributed by atoms with E-state index in [9.17, 15) is 37.1 Å². The molecule has 0 aliphatic carbocycles. The Morgan fingerprint density at radius 3 is 2.09 bits per heavy atom. The van der Waals surface area contributed by atoms with E-state index < -0.39 is 70.7 Å². The van der Waals surface area contributed by atoms with E-state index in [2.05, 4.69) is 36.1 Å². The Balaban J connectivity index is 1.60. The molecule has 2 aromatic carbocycles. The highest BCUT2D eigenvalue weighted by Gasteiger charge is 2.39. The normalized spacial score (nSPS) is 15.6. The van der Waals surface area contributed by atoms with Gasteiger partial charge in [-0.1, -0.05) is 50.2 Å². The Bertz CT molecular complexity index is 1920. The smallest absolute Gasteiger partial charge is 0.444 e. The highest BCUT2D eigenvalue weighted by Crippen LogP contribution is 2.37. The SMILES string of the molecule is CC(C)(C)OC(=O)NC(C(=O)NNC(=O)c1ccc2c(c1)N(Cc1ccc(-c3noc(C(F)(F)F)n3)cc1)C(=O)[C@@H](NC(=O)OC(C)(C)C)CS2)C(C)(C)C. The van der Waals surface area contributed by atoms with Crippen LogP contribution in [0.25, 0.3) is 11.4 Å². The van der Waals surface area contributed by atoms with Crippen molar-refractivity contribution in [3.05, 3.63) is 59.5 Å². The Hall–Kier alpha value is -5.33. The third-order valence-corrected chi connectivity index (χ3v) is 8.64. The Labute approximate surface area is 319 Å². The number of alkyl halides is 3. The third-order valence-electron chi connectivity index (χ3n) is 7.48. The van der Waals surface area contributed by atoms with Crippen molar-refractivity contribution in [1.29, 1.82) is 0 Å². The van der Waals surface area contributed by atoms with Gasteiger partial charge in [0.15, 0.2) is 0 Å². The number of aromatic nitrogens is 2. The second-order valence-electron chi connectivity index (χ2n) is 15.6. The lowest BCUT2D eigenvalue weighted by Crippen LogP contribution is -2.57. The number of rotatable bonds is 7. The number of fused-ring (bicyclic) bond motifs is 1. The van der Waals surface area contributed by atoms with Crippen molar-refractivity contribution in [3.63, 3.8) is 0 Å². The number of alkyl carbamates (subject to hydrolysis) is 2. The molecule has 1 unspecified atom stereocenters. The monoisotopic (exact) mass is 791 g/mol. The van der Waals surface area contributed by atoms with E-state index in [1.165, 1.54) is 40.9 Å². The predicted molar refractivity (Wildman–Crippen MR) is 194 cm³/mol. The summed E-state index contributed by atoms with van der Waals surface area (Å²) in [4.78, 5) is 71.3. The van der Waals surface area contributed by atoms with E-state index in [4.69, 9.17) is 9.47 Å². The van der Waals surface area contributed by atoms with Crippen LogP contribution in [0, 0.1) is 5.41 Å². The molecule has 0 saturated carbocycles. The van der Waals surface area contributed by atoms with E-state index in [-0.39, 0.29) is 29.2 Å². The van der Waals surface area contributed by atoms with Crippen LogP contribution in [0.15, 0.2) is 51.9 Å². The average molecular weight is 792 g/mol. The number of anilines is 1. The molecule has 15 nitrogen and oxygen atoms in total. The summed E-state index contributed by atoms with van der Waals surface area (Å²) >= 11 is 1.25. The summed E-state index contributed by atoms with van der Waals surface area (Å²) in [6.45, 7) is 15.1. The molecule has 0 fully saturated rings. The summed E-state index contributed by atoms with van der Waals surface area (Å²) in [5, 5.41) is 8.56. The molecule has 298 valence electrons. The molecule has 1 aliphatic rings. The number of halogens is 3. The highest BCUT2D eigenvalue weighted by atomic mass is 32.2. The minimum absolute atomic E-state index is 0.0522. The van der Waals surface area contributed by atoms with Crippen LogP contribution in [-0.4, -0.2) is 69.1 Å². The van der Waals surface area contributed by atoms with E-state index in [0.29, 0.717) is 16.1 Å². The lowest BCUT2D eigenvalue weighted by atomic mass is 9.86. The van der Waals surface area contributed by atoms with Gasteiger partial charge >= 0.3 is 24.3 Å². The molecule has 4 N–H and O–H groups in total. The standard InChI is InChI=1S/C36H44F3N7O8S/c1-33(2,3)25(41-32(51)53-35(7,8)9)28(48)44-43-27(47)21-14-15-24-23(16-21)46(29(49)22(18-55-24)40-31(50)52-34(4,5)6)17-19-10-12-20(13-11-19)26-42-30(54-45-26)36(37,38)39/h10-16,22,25H,17-18H2,1-9H3,(H,40,50)(H,41,51)(H,43,47)(H,44,48)/t22-,25?/m0/s1. The molecule has 2 atom stereocenters. The van der Waals surface area contributed by atoms with Gasteiger partial charge in [0.1, 0.15) is 23.3 Å². The van der Waals surface area contributed by atoms with Crippen molar-refractivity contribution < 1.29 is 51.1 Å². The average Bonchev–Trinajstić information content (AvgIpc) is 3.52. The second-order valence-corrected chi connectivity index (χ2v) is 16.7. The summed E-state index contributed by atoms with van der Waals surface area (Å²) in [6, 6.07) is 8.44. The van der Waals surface area contributed by atoms with Crippen LogP contribution in [0.3, 0.4) is 0 Å². The van der Waals surface area contributed by atoms with E-state index >= 15 is 0 Å². The minimum atomic E-state index is -4.82. The fourth-order valence-electron chi connectivity index (χ4n) is 5.02. The van der Waals surface area contributed by atoms with Crippen molar-refractivity contribution in [2.24, 2.45) is 5.41 Å². The fraction of sp³-hybridized carbons (Fsp3) is 0.472. The van der Waals surface area contributed by atoms with E-state index in [0.717, 1.165) is 0 Å². The zero-order valence-electron chi connectivity index (χ0n) is 31.8. The van der Waals surface area contributed by atoms with Crippen molar-refractivity contribution in [3.8, 4) is 11.4 Å². The summed E-state index contributed by atoms with van der Waals surface area (Å²) in [5.41, 5.74) is 3.37. The quantitative estimate of drug-likeness (QED) is 0.206. The van der Waals surface area contributed by atoms with Gasteiger partial charge in [0.25, 0.3) is 17.7 Å². The number of carbonyl (C=O) groups excluding carboxylic acids is 5. The van der Waals surface area contributed by atoms with Crippen molar-refractivity contribution >= 4 is 47.4 Å². The molecule has 3 aromatic rings. The van der Waals surface area contributed by atoms with Crippen LogP contribution < -0.4 is 26.4 Å². The van der Waals surface area contributed by atoms with Crippen LogP contribution in [0.2, 0.25) is 0 Å². The topological polar surface area (TPSA) is 194 Å². The number of hydrogen-bond donors (Lipinski definition) is 4. The maximum Gasteiger partial charge on any atom is 0.471 e. The van der Waals surface area contributed by atoms with E-state index in [1.54, 1.807) is 80.5 Å². The molecule has 0 bridgehead atoms. The Morgan fingerprint density at radius 1 is 0.909 bits per heavy atom. The number of ether oxygens (including phenoxy) is 2. The van der Waals surface area contributed by atoms with Crippen molar-refractivity contribution in [1.82, 2.24) is 31.6 Å². The molecule has 5 amide bonds. The molecule has 0 saturated heterocycles. The van der Waals surface area contributed by atoms with Crippen molar-refractivity contribution in [2.75, 3.05) is 10.7 Å². The molecule has 55 heavy (non-hydrogen) atoms. The Kier molecular flexibility index (Phi) is 12.5.